The van der Waals surface area contributed by atoms with E-state index in [4.69, 9.17) is 10.5 Å². The van der Waals surface area contributed by atoms with Gasteiger partial charge in [0.25, 0.3) is 0 Å². The molecule has 0 aliphatic heterocycles. The number of methoxy groups -OCH3 is 1. The predicted octanol–water partition coefficient (Wildman–Crippen LogP) is 0.718. The molecule has 0 aromatic heterocycles. The Hall–Kier alpha value is -2.78. The van der Waals surface area contributed by atoms with Crippen molar-refractivity contribution in [3.05, 3.63) is 35.9 Å². The minimum Gasteiger partial charge on any atom is -0.480 e. The standard InChI is InChI=1S/C19H26N2O7/c1-11(2)9-14(16(22)23)21-15(19(26)27-3)10-13(20)18(25)28-17(24)12-7-5-4-6-8-12/h4-8,11,13-15,21H,9-10,20H2,1-3H3,(H,22,23)/t13?,14-,15?/m0/s1. The number of carboxylic acids is 1. The SMILES string of the molecule is COC(=O)C(CC(N)C(=O)OC(=O)c1ccccc1)N[C@@H](CC(C)C)C(=O)O. The van der Waals surface area contributed by atoms with Crippen molar-refractivity contribution in [3.63, 3.8) is 0 Å². The Labute approximate surface area is 163 Å². The van der Waals surface area contributed by atoms with E-state index in [9.17, 15) is 24.3 Å². The first kappa shape index (κ1) is 23.3. The average Bonchev–Trinajstić information content (AvgIpc) is 2.66. The largest absolute Gasteiger partial charge is 0.480 e. The smallest absolute Gasteiger partial charge is 0.345 e. The van der Waals surface area contributed by atoms with Crippen LogP contribution < -0.4 is 11.1 Å². The van der Waals surface area contributed by atoms with E-state index < -0.39 is 42.0 Å². The maximum atomic E-state index is 12.1. The van der Waals surface area contributed by atoms with E-state index in [1.54, 1.807) is 18.2 Å². The van der Waals surface area contributed by atoms with Gasteiger partial charge in [-0.15, -0.1) is 0 Å². The second-order valence-corrected chi connectivity index (χ2v) is 6.68. The van der Waals surface area contributed by atoms with Crippen LogP contribution in [0.25, 0.3) is 0 Å². The number of ether oxygens (including phenoxy) is 2. The first-order chi connectivity index (χ1) is 13.1. The third kappa shape index (κ3) is 7.45. The van der Waals surface area contributed by atoms with E-state index in [1.165, 1.54) is 12.1 Å². The summed E-state index contributed by atoms with van der Waals surface area (Å²) in [7, 11) is 1.14. The number of carboxylic acid groups (broad SMARTS) is 1. The molecule has 9 heteroatoms. The second kappa shape index (κ2) is 11.2. The van der Waals surface area contributed by atoms with Gasteiger partial charge < -0.3 is 20.3 Å². The molecule has 1 rings (SSSR count). The molecule has 0 fully saturated rings. The minimum absolute atomic E-state index is 0.0500. The lowest BCUT2D eigenvalue weighted by molar-refractivity contribution is -0.146. The van der Waals surface area contributed by atoms with Crippen LogP contribution in [0.3, 0.4) is 0 Å². The Morgan fingerprint density at radius 3 is 2.14 bits per heavy atom. The molecule has 9 nitrogen and oxygen atoms in total. The van der Waals surface area contributed by atoms with Crippen molar-refractivity contribution >= 4 is 23.9 Å². The summed E-state index contributed by atoms with van der Waals surface area (Å²) >= 11 is 0. The lowest BCUT2D eigenvalue weighted by Gasteiger charge is -2.24. The van der Waals surface area contributed by atoms with Crippen LogP contribution in [0.5, 0.6) is 0 Å². The zero-order valence-electron chi connectivity index (χ0n) is 16.1. The van der Waals surface area contributed by atoms with Crippen molar-refractivity contribution < 1.29 is 33.8 Å². The average molecular weight is 394 g/mol. The molecule has 3 atom stereocenters. The molecule has 0 aliphatic carbocycles. The van der Waals surface area contributed by atoms with Crippen molar-refractivity contribution in [2.24, 2.45) is 11.7 Å². The summed E-state index contributed by atoms with van der Waals surface area (Å²) in [6.07, 6.45) is -0.0372. The molecule has 1 aromatic carbocycles. The highest BCUT2D eigenvalue weighted by Crippen LogP contribution is 2.10. The van der Waals surface area contributed by atoms with Gasteiger partial charge in [-0.25, -0.2) is 9.59 Å². The summed E-state index contributed by atoms with van der Waals surface area (Å²) in [5.41, 5.74) is 5.94. The number of esters is 3. The number of carbonyl (C=O) groups excluding carboxylic acids is 3. The molecule has 0 amide bonds. The summed E-state index contributed by atoms with van der Waals surface area (Å²) in [6.45, 7) is 3.67. The number of hydrogen-bond donors (Lipinski definition) is 3. The summed E-state index contributed by atoms with van der Waals surface area (Å²) < 4.78 is 9.39. The molecular formula is C19H26N2O7. The van der Waals surface area contributed by atoms with Crippen LogP contribution in [0.4, 0.5) is 0 Å². The molecule has 1 aromatic rings. The molecular weight excluding hydrogens is 368 g/mol. The molecule has 0 radical (unpaired) electrons. The van der Waals surface area contributed by atoms with E-state index in [2.05, 4.69) is 10.1 Å². The Morgan fingerprint density at radius 2 is 1.64 bits per heavy atom. The number of nitrogens with two attached hydrogens (primary N) is 1. The summed E-state index contributed by atoms with van der Waals surface area (Å²) in [6, 6.07) is 4.35. The number of carbonyl (C=O) groups is 4. The fourth-order valence-corrected chi connectivity index (χ4v) is 2.48. The molecule has 28 heavy (non-hydrogen) atoms. The highest BCUT2D eigenvalue weighted by Gasteiger charge is 2.32. The quantitative estimate of drug-likeness (QED) is 0.386. The lowest BCUT2D eigenvalue weighted by atomic mass is 10.0. The van der Waals surface area contributed by atoms with Crippen LogP contribution in [-0.4, -0.2) is 54.2 Å². The number of rotatable bonds is 10. The van der Waals surface area contributed by atoms with Crippen molar-refractivity contribution in [2.75, 3.05) is 7.11 Å². The monoisotopic (exact) mass is 394 g/mol. The molecule has 2 unspecified atom stereocenters. The van der Waals surface area contributed by atoms with Crippen molar-refractivity contribution in [3.8, 4) is 0 Å². The maximum Gasteiger partial charge on any atom is 0.345 e. The van der Waals surface area contributed by atoms with Crippen molar-refractivity contribution in [1.29, 1.82) is 0 Å². The normalized spacial score (nSPS) is 14.0. The van der Waals surface area contributed by atoms with Crippen LogP contribution in [0.1, 0.15) is 37.0 Å². The van der Waals surface area contributed by atoms with Gasteiger partial charge in [-0.2, -0.15) is 0 Å². The number of benzene rings is 1. The van der Waals surface area contributed by atoms with Crippen LogP contribution in [-0.2, 0) is 23.9 Å². The molecule has 0 saturated heterocycles. The summed E-state index contributed by atoms with van der Waals surface area (Å²) in [5.74, 6) is -3.76. The van der Waals surface area contributed by atoms with E-state index in [0.29, 0.717) is 0 Å². The van der Waals surface area contributed by atoms with Gasteiger partial charge in [-0.1, -0.05) is 32.0 Å². The zero-order valence-corrected chi connectivity index (χ0v) is 16.1. The van der Waals surface area contributed by atoms with Crippen LogP contribution in [0, 0.1) is 5.92 Å². The molecule has 0 heterocycles. The second-order valence-electron chi connectivity index (χ2n) is 6.68. The lowest BCUT2D eigenvalue weighted by Crippen LogP contribution is -2.51. The summed E-state index contributed by atoms with van der Waals surface area (Å²) in [4.78, 5) is 47.5. The van der Waals surface area contributed by atoms with Gasteiger partial charge in [0.05, 0.1) is 12.7 Å². The van der Waals surface area contributed by atoms with Gasteiger partial charge in [0, 0.05) is 0 Å². The van der Waals surface area contributed by atoms with Gasteiger partial charge in [0.2, 0.25) is 0 Å². The zero-order chi connectivity index (χ0) is 21.3. The Morgan fingerprint density at radius 1 is 1.04 bits per heavy atom. The number of aliphatic carboxylic acids is 1. The summed E-state index contributed by atoms with van der Waals surface area (Å²) in [5, 5.41) is 12.0. The van der Waals surface area contributed by atoms with Crippen molar-refractivity contribution in [2.45, 2.75) is 44.8 Å². The molecule has 0 saturated carbocycles. The topological polar surface area (TPSA) is 145 Å². The van der Waals surface area contributed by atoms with Crippen molar-refractivity contribution in [1.82, 2.24) is 5.32 Å². The van der Waals surface area contributed by atoms with Gasteiger partial charge in [-0.3, -0.25) is 14.9 Å². The first-order valence-corrected chi connectivity index (χ1v) is 8.79. The maximum absolute atomic E-state index is 12.1. The molecule has 0 spiro atoms. The fourth-order valence-electron chi connectivity index (χ4n) is 2.48. The van der Waals surface area contributed by atoms with Crippen LogP contribution in [0.15, 0.2) is 30.3 Å². The van der Waals surface area contributed by atoms with Gasteiger partial charge in [0.15, 0.2) is 0 Å². The van der Waals surface area contributed by atoms with Crippen LogP contribution >= 0.6 is 0 Å². The molecule has 154 valence electrons. The molecule has 0 bridgehead atoms. The fraction of sp³-hybridized carbons (Fsp3) is 0.474. The van der Waals surface area contributed by atoms with Crippen LogP contribution in [0.2, 0.25) is 0 Å². The van der Waals surface area contributed by atoms with Gasteiger partial charge in [0.1, 0.15) is 18.1 Å². The van der Waals surface area contributed by atoms with E-state index in [0.717, 1.165) is 7.11 Å². The number of hydrogen-bond acceptors (Lipinski definition) is 8. The Kier molecular flexibility index (Phi) is 9.26. The predicted molar refractivity (Wildman–Crippen MR) is 99.3 cm³/mol. The third-order valence-electron chi connectivity index (χ3n) is 3.89. The van der Waals surface area contributed by atoms with E-state index in [-0.39, 0.29) is 24.3 Å². The van der Waals surface area contributed by atoms with Gasteiger partial charge in [-0.05, 0) is 30.9 Å². The Bertz CT molecular complexity index is 691. The first-order valence-electron chi connectivity index (χ1n) is 8.79. The molecule has 4 N–H and O–H groups in total. The third-order valence-corrected chi connectivity index (χ3v) is 3.89. The molecule has 0 aliphatic rings. The number of nitrogens with one attached hydrogen (secondary N) is 1. The highest BCUT2D eigenvalue weighted by atomic mass is 16.6. The van der Waals surface area contributed by atoms with E-state index >= 15 is 0 Å². The van der Waals surface area contributed by atoms with Gasteiger partial charge >= 0.3 is 23.9 Å². The highest BCUT2D eigenvalue weighted by molar-refractivity contribution is 5.98. The van der Waals surface area contributed by atoms with E-state index in [1.807, 2.05) is 13.8 Å². The Balaban J connectivity index is 2.78. The minimum atomic E-state index is -1.34.